The third-order valence-corrected chi connectivity index (χ3v) is 8.89. The lowest BCUT2D eigenvalue weighted by Crippen LogP contribution is -2.36. The van der Waals surface area contributed by atoms with E-state index in [9.17, 15) is 9.59 Å². The van der Waals surface area contributed by atoms with Crippen LogP contribution in [0.25, 0.3) is 0 Å². The number of hydrogen-bond donors (Lipinski definition) is 0. The summed E-state index contributed by atoms with van der Waals surface area (Å²) in [5, 5.41) is 0. The summed E-state index contributed by atoms with van der Waals surface area (Å²) in [6.07, 6.45) is 15.6. The first kappa shape index (κ1) is 33.1. The molecule has 38 heavy (non-hydrogen) atoms. The van der Waals surface area contributed by atoms with Crippen LogP contribution in [0.5, 0.6) is 0 Å². The highest BCUT2D eigenvalue weighted by Gasteiger charge is 2.22. The van der Waals surface area contributed by atoms with Crippen LogP contribution in [0.2, 0.25) is 0 Å². The second-order valence-electron chi connectivity index (χ2n) is 12.6. The van der Waals surface area contributed by atoms with Crippen LogP contribution in [-0.4, -0.2) is 74.2 Å². The molecule has 0 amide bonds. The van der Waals surface area contributed by atoms with Crippen LogP contribution in [0.1, 0.15) is 118 Å². The molecule has 2 rings (SSSR count). The molecule has 0 N–H and O–H groups in total. The molecule has 0 aliphatic carbocycles. The fraction of sp³-hybridized carbons (Fsp3) is 0.938. The van der Waals surface area contributed by atoms with Gasteiger partial charge in [0.05, 0.1) is 26.1 Å². The van der Waals surface area contributed by atoms with Crippen molar-refractivity contribution in [2.75, 3.05) is 52.5 Å². The number of hydrogen-bond acceptors (Lipinski definition) is 6. The standard InChI is InChI=1S/C32H60N2O4/c1-5-28(4)10-8-26-38-32(36)18-24-34-21-15-30(16-22-34)12-6-11-29-13-19-33(20-14-29)23-17-31(35)37-25-7-9-27(2)3/h27-30H,5-26H2,1-4H3. The molecule has 222 valence electrons. The first-order valence-corrected chi connectivity index (χ1v) is 16.1. The predicted molar refractivity (Wildman–Crippen MR) is 156 cm³/mol. The van der Waals surface area contributed by atoms with E-state index in [1.165, 1.54) is 51.4 Å². The molecule has 0 saturated carbocycles. The zero-order chi connectivity index (χ0) is 27.6. The van der Waals surface area contributed by atoms with Crippen molar-refractivity contribution in [1.82, 2.24) is 9.80 Å². The van der Waals surface area contributed by atoms with Gasteiger partial charge in [0.1, 0.15) is 0 Å². The van der Waals surface area contributed by atoms with Gasteiger partial charge in [-0.15, -0.1) is 0 Å². The Morgan fingerprint density at radius 1 is 0.711 bits per heavy atom. The molecule has 0 bridgehead atoms. The van der Waals surface area contributed by atoms with Crippen LogP contribution in [0.3, 0.4) is 0 Å². The smallest absolute Gasteiger partial charge is 0.307 e. The lowest BCUT2D eigenvalue weighted by Gasteiger charge is -2.33. The van der Waals surface area contributed by atoms with Gasteiger partial charge in [-0.1, -0.05) is 53.4 Å². The SMILES string of the molecule is CCC(C)CCCOC(=O)CCN1CCC(CCCC2CCN(CCC(=O)OCCCC(C)C)CC2)CC1. The van der Waals surface area contributed by atoms with Crippen LogP contribution in [0, 0.1) is 23.7 Å². The molecule has 6 heteroatoms. The normalized spacial score (nSPS) is 19.1. The number of rotatable bonds is 19. The number of carbonyl (C=O) groups excluding carboxylic acids is 2. The molecule has 1 unspecified atom stereocenters. The Morgan fingerprint density at radius 3 is 1.58 bits per heavy atom. The van der Waals surface area contributed by atoms with E-state index in [-0.39, 0.29) is 11.9 Å². The minimum absolute atomic E-state index is 0.0284. The molecule has 0 aromatic carbocycles. The lowest BCUT2D eigenvalue weighted by molar-refractivity contribution is -0.145. The summed E-state index contributed by atoms with van der Waals surface area (Å²) < 4.78 is 10.8. The topological polar surface area (TPSA) is 59.1 Å². The average molecular weight is 537 g/mol. The van der Waals surface area contributed by atoms with Gasteiger partial charge in [0, 0.05) is 13.1 Å². The molecule has 6 nitrogen and oxygen atoms in total. The number of esters is 2. The fourth-order valence-corrected chi connectivity index (χ4v) is 5.84. The minimum atomic E-state index is -0.0330. The molecule has 1 atom stereocenters. The summed E-state index contributed by atoms with van der Waals surface area (Å²) in [6.45, 7) is 16.3. The largest absolute Gasteiger partial charge is 0.466 e. The van der Waals surface area contributed by atoms with E-state index in [1.807, 2.05) is 0 Å². The number of ether oxygens (including phenoxy) is 2. The highest BCUT2D eigenvalue weighted by molar-refractivity contribution is 5.69. The zero-order valence-corrected chi connectivity index (χ0v) is 25.4. The Morgan fingerprint density at radius 2 is 1.16 bits per heavy atom. The summed E-state index contributed by atoms with van der Waals surface area (Å²) in [6, 6.07) is 0. The Bertz CT molecular complexity index is 625. The number of likely N-dealkylation sites (tertiary alicyclic amines) is 2. The summed E-state index contributed by atoms with van der Waals surface area (Å²) in [4.78, 5) is 28.9. The molecule has 0 aromatic heterocycles. The van der Waals surface area contributed by atoms with Gasteiger partial charge in [0.15, 0.2) is 0 Å². The summed E-state index contributed by atoms with van der Waals surface area (Å²) in [5.41, 5.74) is 0. The maximum absolute atomic E-state index is 12.0. The zero-order valence-electron chi connectivity index (χ0n) is 25.4. The summed E-state index contributed by atoms with van der Waals surface area (Å²) >= 11 is 0. The third kappa shape index (κ3) is 15.5. The lowest BCUT2D eigenvalue weighted by atomic mass is 9.87. The number of piperidine rings is 2. The molecule has 0 aromatic rings. The van der Waals surface area contributed by atoms with Crippen molar-refractivity contribution >= 4 is 11.9 Å². The van der Waals surface area contributed by atoms with Crippen LogP contribution in [0.15, 0.2) is 0 Å². The molecular formula is C32H60N2O4. The van der Waals surface area contributed by atoms with E-state index in [0.29, 0.717) is 32.0 Å². The van der Waals surface area contributed by atoms with E-state index in [2.05, 4.69) is 37.5 Å². The Labute approximate surface area is 234 Å². The molecule has 2 heterocycles. The van der Waals surface area contributed by atoms with E-state index < -0.39 is 0 Å². The summed E-state index contributed by atoms with van der Waals surface area (Å²) in [5.74, 6) is 3.04. The highest BCUT2D eigenvalue weighted by Crippen LogP contribution is 2.27. The first-order valence-electron chi connectivity index (χ1n) is 16.1. The van der Waals surface area contributed by atoms with Gasteiger partial charge in [-0.25, -0.2) is 0 Å². The molecule has 0 radical (unpaired) electrons. The minimum Gasteiger partial charge on any atom is -0.466 e. The van der Waals surface area contributed by atoms with Crippen LogP contribution in [-0.2, 0) is 19.1 Å². The number of carbonyl (C=O) groups is 2. The maximum Gasteiger partial charge on any atom is 0.307 e. The fourth-order valence-electron chi connectivity index (χ4n) is 5.84. The van der Waals surface area contributed by atoms with Crippen molar-refractivity contribution in [2.24, 2.45) is 23.7 Å². The van der Waals surface area contributed by atoms with Crippen molar-refractivity contribution in [3.8, 4) is 0 Å². The molecular weight excluding hydrogens is 476 g/mol. The second-order valence-corrected chi connectivity index (χ2v) is 12.6. The van der Waals surface area contributed by atoms with Crippen LogP contribution < -0.4 is 0 Å². The highest BCUT2D eigenvalue weighted by atomic mass is 16.5. The second kappa shape index (κ2) is 19.8. The van der Waals surface area contributed by atoms with Crippen molar-refractivity contribution in [3.63, 3.8) is 0 Å². The van der Waals surface area contributed by atoms with Crippen molar-refractivity contribution in [2.45, 2.75) is 118 Å². The Hall–Kier alpha value is -1.14. The predicted octanol–water partition coefficient (Wildman–Crippen LogP) is 6.71. The van der Waals surface area contributed by atoms with E-state index in [4.69, 9.17) is 9.47 Å². The monoisotopic (exact) mass is 536 g/mol. The van der Waals surface area contributed by atoms with Gasteiger partial charge in [0.25, 0.3) is 0 Å². The van der Waals surface area contributed by atoms with E-state index >= 15 is 0 Å². The number of nitrogens with zero attached hydrogens (tertiary/aromatic N) is 2. The maximum atomic E-state index is 12.0. The van der Waals surface area contributed by atoms with Crippen molar-refractivity contribution in [1.29, 1.82) is 0 Å². The van der Waals surface area contributed by atoms with Crippen LogP contribution in [0.4, 0.5) is 0 Å². The molecule has 2 aliphatic rings. The van der Waals surface area contributed by atoms with E-state index in [0.717, 1.165) is 82.7 Å². The molecule has 2 fully saturated rings. The molecule has 2 saturated heterocycles. The quantitative estimate of drug-likeness (QED) is 0.135. The Kier molecular flexibility index (Phi) is 17.3. The van der Waals surface area contributed by atoms with Crippen molar-refractivity contribution < 1.29 is 19.1 Å². The van der Waals surface area contributed by atoms with E-state index in [1.54, 1.807) is 0 Å². The third-order valence-electron chi connectivity index (χ3n) is 8.89. The Balaban J connectivity index is 1.43. The first-order chi connectivity index (χ1) is 18.4. The van der Waals surface area contributed by atoms with Gasteiger partial charge in [-0.3, -0.25) is 9.59 Å². The van der Waals surface area contributed by atoms with Gasteiger partial charge >= 0.3 is 11.9 Å². The van der Waals surface area contributed by atoms with Gasteiger partial charge in [-0.05, 0) is 101 Å². The van der Waals surface area contributed by atoms with Gasteiger partial charge < -0.3 is 19.3 Å². The average Bonchev–Trinajstić information content (AvgIpc) is 2.92. The summed E-state index contributed by atoms with van der Waals surface area (Å²) in [7, 11) is 0. The molecule has 2 aliphatic heterocycles. The van der Waals surface area contributed by atoms with Gasteiger partial charge in [-0.2, -0.15) is 0 Å². The molecule has 0 spiro atoms. The van der Waals surface area contributed by atoms with Crippen LogP contribution >= 0.6 is 0 Å². The van der Waals surface area contributed by atoms with Gasteiger partial charge in [0.2, 0.25) is 0 Å². The van der Waals surface area contributed by atoms with Crippen molar-refractivity contribution in [3.05, 3.63) is 0 Å².